The van der Waals surface area contributed by atoms with Gasteiger partial charge in [-0.25, -0.2) is 0 Å². The van der Waals surface area contributed by atoms with Crippen molar-refractivity contribution in [2.45, 2.75) is 26.3 Å². The molecule has 0 aliphatic carbocycles. The molecule has 2 rings (SSSR count). The van der Waals surface area contributed by atoms with Gasteiger partial charge in [0, 0.05) is 12.6 Å². The topological polar surface area (TPSA) is 32.3 Å². The third kappa shape index (κ3) is 5.08. The van der Waals surface area contributed by atoms with E-state index < -0.39 is 0 Å². The summed E-state index contributed by atoms with van der Waals surface area (Å²) in [7, 11) is 0. The molecular formula is C20H25ClN2O. The van der Waals surface area contributed by atoms with Crippen LogP contribution in [0.15, 0.2) is 54.6 Å². The molecule has 24 heavy (non-hydrogen) atoms. The lowest BCUT2D eigenvalue weighted by atomic mass is 10.0. The average molecular weight is 345 g/mol. The molecule has 0 bridgehead atoms. The predicted molar refractivity (Wildman–Crippen MR) is 101 cm³/mol. The summed E-state index contributed by atoms with van der Waals surface area (Å²) < 4.78 is 0. The van der Waals surface area contributed by atoms with Crippen LogP contribution in [0.4, 0.5) is 0 Å². The zero-order valence-electron chi connectivity index (χ0n) is 14.3. The van der Waals surface area contributed by atoms with Crippen LogP contribution in [0.2, 0.25) is 5.02 Å². The highest BCUT2D eigenvalue weighted by molar-refractivity contribution is 6.33. The molecule has 0 saturated carbocycles. The molecule has 1 unspecified atom stereocenters. The van der Waals surface area contributed by atoms with Crippen LogP contribution in [-0.4, -0.2) is 36.5 Å². The molecule has 4 heteroatoms. The van der Waals surface area contributed by atoms with E-state index in [4.69, 9.17) is 11.6 Å². The minimum Gasteiger partial charge on any atom is -0.350 e. The van der Waals surface area contributed by atoms with E-state index in [1.807, 2.05) is 18.2 Å². The molecule has 0 saturated heterocycles. The van der Waals surface area contributed by atoms with Gasteiger partial charge in [0.25, 0.3) is 5.91 Å². The maximum Gasteiger partial charge on any atom is 0.252 e. The van der Waals surface area contributed by atoms with Crippen LogP contribution in [0, 0.1) is 0 Å². The first-order valence-electron chi connectivity index (χ1n) is 8.46. The van der Waals surface area contributed by atoms with Gasteiger partial charge in [-0.3, -0.25) is 9.69 Å². The summed E-state index contributed by atoms with van der Waals surface area (Å²) in [6.45, 7) is 6.81. The molecule has 0 heterocycles. The quantitative estimate of drug-likeness (QED) is 0.784. The average Bonchev–Trinajstić information content (AvgIpc) is 2.61. The zero-order chi connectivity index (χ0) is 17.4. The molecule has 0 aliphatic rings. The minimum atomic E-state index is -0.120. The van der Waals surface area contributed by atoms with Crippen LogP contribution in [0.3, 0.4) is 0 Å². The van der Waals surface area contributed by atoms with Gasteiger partial charge in [-0.15, -0.1) is 0 Å². The van der Waals surface area contributed by atoms with Gasteiger partial charge in [0.05, 0.1) is 10.6 Å². The Morgan fingerprint density at radius 2 is 1.67 bits per heavy atom. The Labute approximate surface area is 149 Å². The lowest BCUT2D eigenvalue weighted by Gasteiger charge is -2.30. The van der Waals surface area contributed by atoms with Crippen LogP contribution in [0.1, 0.15) is 29.8 Å². The van der Waals surface area contributed by atoms with Crippen molar-refractivity contribution in [3.63, 3.8) is 0 Å². The van der Waals surface area contributed by atoms with Gasteiger partial charge in [0.1, 0.15) is 0 Å². The summed E-state index contributed by atoms with van der Waals surface area (Å²) in [6.07, 6.45) is 0.908. The smallest absolute Gasteiger partial charge is 0.252 e. The van der Waals surface area contributed by atoms with Crippen LogP contribution in [0.5, 0.6) is 0 Å². The molecule has 0 fully saturated rings. The number of rotatable bonds is 8. The predicted octanol–water partition coefficient (Wildman–Crippen LogP) is 4.02. The van der Waals surface area contributed by atoms with Crippen molar-refractivity contribution in [2.24, 2.45) is 0 Å². The number of carbonyl (C=O) groups is 1. The summed E-state index contributed by atoms with van der Waals surface area (Å²) in [5.74, 6) is -0.120. The van der Waals surface area contributed by atoms with Crippen molar-refractivity contribution >= 4 is 17.5 Å². The van der Waals surface area contributed by atoms with E-state index in [1.54, 1.807) is 12.1 Å². The van der Waals surface area contributed by atoms with E-state index >= 15 is 0 Å². The molecule has 3 nitrogen and oxygen atoms in total. The van der Waals surface area contributed by atoms with Crippen molar-refractivity contribution in [2.75, 3.05) is 19.6 Å². The fourth-order valence-corrected chi connectivity index (χ4v) is 3.13. The maximum atomic E-state index is 12.4. The third-order valence-electron chi connectivity index (χ3n) is 4.26. The van der Waals surface area contributed by atoms with Gasteiger partial charge in [-0.2, -0.15) is 0 Å². The van der Waals surface area contributed by atoms with Crippen molar-refractivity contribution < 1.29 is 4.79 Å². The summed E-state index contributed by atoms with van der Waals surface area (Å²) in [4.78, 5) is 14.8. The number of nitrogens with zero attached hydrogens (tertiary/aromatic N) is 1. The second kappa shape index (κ2) is 9.45. The number of amides is 1. The SMILES string of the molecule is CCN(CC)C(CNC(=O)c1ccccc1Cl)Cc1ccccc1. The fourth-order valence-electron chi connectivity index (χ4n) is 2.91. The lowest BCUT2D eigenvalue weighted by molar-refractivity contribution is 0.0935. The van der Waals surface area contributed by atoms with E-state index in [0.717, 1.165) is 19.5 Å². The highest BCUT2D eigenvalue weighted by Gasteiger charge is 2.18. The number of benzene rings is 2. The highest BCUT2D eigenvalue weighted by atomic mass is 35.5. The Bertz CT molecular complexity index is 641. The highest BCUT2D eigenvalue weighted by Crippen LogP contribution is 2.15. The van der Waals surface area contributed by atoms with Gasteiger partial charge in [0.15, 0.2) is 0 Å². The summed E-state index contributed by atoms with van der Waals surface area (Å²) in [5.41, 5.74) is 1.80. The van der Waals surface area contributed by atoms with Gasteiger partial charge >= 0.3 is 0 Å². The first kappa shape index (κ1) is 18.5. The van der Waals surface area contributed by atoms with E-state index in [1.165, 1.54) is 5.56 Å². The minimum absolute atomic E-state index is 0.120. The second-order valence-electron chi connectivity index (χ2n) is 5.75. The summed E-state index contributed by atoms with van der Waals surface area (Å²) in [5, 5.41) is 3.53. The molecule has 1 amide bonds. The van der Waals surface area contributed by atoms with Gasteiger partial charge in [-0.1, -0.05) is 67.9 Å². The second-order valence-corrected chi connectivity index (χ2v) is 6.16. The molecule has 2 aromatic rings. The van der Waals surface area contributed by atoms with E-state index in [-0.39, 0.29) is 11.9 Å². The zero-order valence-corrected chi connectivity index (χ0v) is 15.1. The van der Waals surface area contributed by atoms with E-state index in [9.17, 15) is 4.79 Å². The first-order chi connectivity index (χ1) is 11.7. The third-order valence-corrected chi connectivity index (χ3v) is 4.59. The van der Waals surface area contributed by atoms with Crippen molar-refractivity contribution in [1.82, 2.24) is 10.2 Å². The Kier molecular flexibility index (Phi) is 7.29. The summed E-state index contributed by atoms with van der Waals surface area (Å²) >= 11 is 6.11. The van der Waals surface area contributed by atoms with Crippen LogP contribution >= 0.6 is 11.6 Å². The number of hydrogen-bond acceptors (Lipinski definition) is 2. The molecule has 2 aromatic carbocycles. The molecule has 128 valence electrons. The number of hydrogen-bond donors (Lipinski definition) is 1. The van der Waals surface area contributed by atoms with Crippen molar-refractivity contribution in [3.05, 3.63) is 70.7 Å². The number of nitrogens with one attached hydrogen (secondary N) is 1. The molecule has 0 radical (unpaired) electrons. The Hall–Kier alpha value is -1.84. The van der Waals surface area contributed by atoms with E-state index in [2.05, 4.69) is 48.3 Å². The molecular weight excluding hydrogens is 320 g/mol. The largest absolute Gasteiger partial charge is 0.350 e. The first-order valence-corrected chi connectivity index (χ1v) is 8.84. The number of halogens is 1. The van der Waals surface area contributed by atoms with Gasteiger partial charge < -0.3 is 5.32 Å². The molecule has 0 spiro atoms. The Morgan fingerprint density at radius 1 is 1.04 bits per heavy atom. The number of likely N-dealkylation sites (N-methyl/N-ethyl adjacent to an activating group) is 1. The van der Waals surface area contributed by atoms with E-state index in [0.29, 0.717) is 17.1 Å². The fraction of sp³-hybridized carbons (Fsp3) is 0.350. The van der Waals surface area contributed by atoms with Crippen LogP contribution in [-0.2, 0) is 6.42 Å². The van der Waals surface area contributed by atoms with Crippen molar-refractivity contribution in [3.8, 4) is 0 Å². The van der Waals surface area contributed by atoms with Crippen LogP contribution in [0.25, 0.3) is 0 Å². The number of carbonyl (C=O) groups excluding carboxylic acids is 1. The Balaban J connectivity index is 2.05. The molecule has 0 aliphatic heterocycles. The van der Waals surface area contributed by atoms with Gasteiger partial charge in [0.2, 0.25) is 0 Å². The monoisotopic (exact) mass is 344 g/mol. The molecule has 1 N–H and O–H groups in total. The summed E-state index contributed by atoms with van der Waals surface area (Å²) in [6, 6.07) is 17.8. The molecule has 1 atom stereocenters. The Morgan fingerprint density at radius 3 is 2.29 bits per heavy atom. The van der Waals surface area contributed by atoms with Crippen LogP contribution < -0.4 is 5.32 Å². The van der Waals surface area contributed by atoms with Crippen molar-refractivity contribution in [1.29, 1.82) is 0 Å². The maximum absolute atomic E-state index is 12.4. The van der Waals surface area contributed by atoms with Gasteiger partial charge in [-0.05, 0) is 37.2 Å². The normalized spacial score (nSPS) is 12.2. The standard InChI is InChI=1S/C20H25ClN2O/c1-3-23(4-2)17(14-16-10-6-5-7-11-16)15-22-20(24)18-12-8-9-13-19(18)21/h5-13,17H,3-4,14-15H2,1-2H3,(H,22,24). The lowest BCUT2D eigenvalue weighted by Crippen LogP contribution is -2.45. The molecule has 0 aromatic heterocycles.